The van der Waals surface area contributed by atoms with Gasteiger partial charge in [0.05, 0.1) is 32.8 Å². The first-order chi connectivity index (χ1) is 37.5. The highest BCUT2D eigenvalue weighted by atomic mass is 32.1. The highest BCUT2D eigenvalue weighted by Gasteiger charge is 2.33. The third-order valence-corrected chi connectivity index (χ3v) is 16.9. The first kappa shape index (κ1) is 49.1. The molecule has 384 valence electrons. The maximum atomic E-state index is 7.21. The minimum Gasteiger partial charge on any atom is -0.457 e. The Morgan fingerprint density at radius 2 is 1.10 bits per heavy atom. The number of hydrogen-bond donors (Lipinski definition) is 0. The van der Waals surface area contributed by atoms with Crippen molar-refractivity contribution in [1.82, 2.24) is 9.55 Å². The third kappa shape index (κ3) is 8.69. The molecule has 0 atom stereocenters. The third-order valence-electron chi connectivity index (χ3n) is 15.7. The number of benzene rings is 9. The summed E-state index contributed by atoms with van der Waals surface area (Å²) < 4.78 is 12.1. The SMILES string of the molecule is CC(C)(C)c1cc(-c2cccc(-c3ccccc3)c2N2CN(c3cc(Oc4ccc5c6sc7ccc8ccccc8c7c6n(-c6cc(C(C)(C)C)ccn6)c5c4)cc(-c4ccccc4)c3)c3ccccc32)cc(C(C)(C)C)c1. The van der Waals surface area contributed by atoms with Crippen LogP contribution in [-0.4, -0.2) is 16.2 Å². The summed E-state index contributed by atoms with van der Waals surface area (Å²) in [6.45, 7) is 21.3. The lowest BCUT2D eigenvalue weighted by Crippen LogP contribution is -2.25. The summed E-state index contributed by atoms with van der Waals surface area (Å²) in [5.41, 5.74) is 17.5. The fourth-order valence-electron chi connectivity index (χ4n) is 11.5. The molecule has 0 saturated carbocycles. The second-order valence-corrected chi connectivity index (χ2v) is 25.2. The van der Waals surface area contributed by atoms with Gasteiger partial charge < -0.3 is 14.5 Å². The van der Waals surface area contributed by atoms with Crippen LogP contribution in [0.15, 0.2) is 212 Å². The van der Waals surface area contributed by atoms with Crippen LogP contribution in [0.1, 0.15) is 79.0 Å². The van der Waals surface area contributed by atoms with Crippen LogP contribution in [0, 0.1) is 0 Å². The molecule has 0 saturated heterocycles. The molecule has 0 bridgehead atoms. The van der Waals surface area contributed by atoms with E-state index < -0.39 is 0 Å². The maximum absolute atomic E-state index is 7.21. The van der Waals surface area contributed by atoms with Crippen molar-refractivity contribution in [2.75, 3.05) is 16.5 Å². The molecule has 0 amide bonds. The molecule has 5 nitrogen and oxygen atoms in total. The molecule has 1 aliphatic rings. The lowest BCUT2D eigenvalue weighted by molar-refractivity contribution is 0.483. The molecular weight excluding hydrogens is 969 g/mol. The van der Waals surface area contributed by atoms with Crippen molar-refractivity contribution in [2.45, 2.75) is 78.6 Å². The van der Waals surface area contributed by atoms with Gasteiger partial charge in [-0.1, -0.05) is 202 Å². The summed E-state index contributed by atoms with van der Waals surface area (Å²) in [5, 5.41) is 4.89. The van der Waals surface area contributed by atoms with E-state index in [0.29, 0.717) is 6.67 Å². The molecule has 6 heteroatoms. The number of pyridine rings is 1. The first-order valence-electron chi connectivity index (χ1n) is 27.3. The van der Waals surface area contributed by atoms with Crippen molar-refractivity contribution in [1.29, 1.82) is 0 Å². The fourth-order valence-corrected chi connectivity index (χ4v) is 12.7. The Morgan fingerprint density at radius 3 is 1.81 bits per heavy atom. The zero-order valence-electron chi connectivity index (χ0n) is 46.0. The topological polar surface area (TPSA) is 33.5 Å². The average molecular weight is 1030 g/mol. The van der Waals surface area contributed by atoms with Crippen LogP contribution in [0.5, 0.6) is 11.5 Å². The van der Waals surface area contributed by atoms with Crippen LogP contribution in [0.2, 0.25) is 0 Å². The lowest BCUT2D eigenvalue weighted by Gasteiger charge is -2.29. The molecule has 1 aliphatic heterocycles. The number of nitrogens with zero attached hydrogens (tertiary/aromatic N) is 4. The van der Waals surface area contributed by atoms with Gasteiger partial charge in [0.25, 0.3) is 0 Å². The molecule has 13 rings (SSSR count). The Kier molecular flexibility index (Phi) is 11.7. The molecule has 9 aromatic carbocycles. The summed E-state index contributed by atoms with van der Waals surface area (Å²) in [6.07, 6.45) is 1.96. The Labute approximate surface area is 462 Å². The van der Waals surface area contributed by atoms with Gasteiger partial charge >= 0.3 is 0 Å². The van der Waals surface area contributed by atoms with Gasteiger partial charge in [-0.05, 0) is 121 Å². The number of rotatable bonds is 8. The van der Waals surface area contributed by atoms with Gasteiger partial charge in [0.1, 0.15) is 24.0 Å². The quantitative estimate of drug-likeness (QED) is 0.152. The fraction of sp³-hybridized carbons (Fsp3) is 0.181. The van der Waals surface area contributed by atoms with Gasteiger partial charge in [-0.3, -0.25) is 4.57 Å². The molecule has 0 unspecified atom stereocenters. The number of fused-ring (bicyclic) bond motifs is 8. The van der Waals surface area contributed by atoms with Crippen molar-refractivity contribution >= 4 is 76.1 Å². The number of aromatic nitrogens is 2. The van der Waals surface area contributed by atoms with E-state index in [1.807, 2.05) is 17.5 Å². The first-order valence-corrected chi connectivity index (χ1v) is 28.1. The van der Waals surface area contributed by atoms with E-state index in [-0.39, 0.29) is 16.2 Å². The number of ether oxygens (including phenoxy) is 1. The van der Waals surface area contributed by atoms with Crippen LogP contribution in [0.25, 0.3) is 81.2 Å². The standard InChI is InChI=1S/C72H64N4OS/c1-70(2,3)51-35-36-73-65(42-51)76-63-44-55(32-33-60(63)69-68(76)66-57-26-17-16-25-48(57)31-34-64(66)78-69)77-56-40-49(46-21-12-10-13-22-46)39-54(43-56)74-45-75(62-30-19-18-29-61(62)74)67-58(47-23-14-11-15-24-47)27-20-28-59(67)50-37-52(71(4,5)6)41-53(38-50)72(7,8)9/h10-44H,45H2,1-9H3. The number of hydrogen-bond acceptors (Lipinski definition) is 5. The number of para-hydroxylation sites is 3. The van der Waals surface area contributed by atoms with Crippen LogP contribution in [0.4, 0.5) is 22.7 Å². The zero-order valence-corrected chi connectivity index (χ0v) is 46.8. The monoisotopic (exact) mass is 1030 g/mol. The van der Waals surface area contributed by atoms with Crippen molar-refractivity contribution < 1.29 is 4.74 Å². The van der Waals surface area contributed by atoms with E-state index in [1.165, 1.54) is 81.1 Å². The van der Waals surface area contributed by atoms with Gasteiger partial charge in [0.2, 0.25) is 0 Å². The average Bonchev–Trinajstić information content (AvgIpc) is 3.97. The predicted octanol–water partition coefficient (Wildman–Crippen LogP) is 20.5. The Bertz CT molecular complexity index is 4250. The molecular formula is C72H64N4OS. The Hall–Kier alpha value is -8.45. The summed E-state index contributed by atoms with van der Waals surface area (Å²) in [4.78, 5) is 10.1. The molecule has 3 aromatic heterocycles. The molecule has 0 fully saturated rings. The lowest BCUT2D eigenvalue weighted by atomic mass is 9.78. The van der Waals surface area contributed by atoms with E-state index in [9.17, 15) is 0 Å². The molecule has 0 aliphatic carbocycles. The van der Waals surface area contributed by atoms with E-state index in [1.54, 1.807) is 0 Å². The highest BCUT2D eigenvalue weighted by molar-refractivity contribution is 7.27. The predicted molar refractivity (Wildman–Crippen MR) is 332 cm³/mol. The Morgan fingerprint density at radius 1 is 0.462 bits per heavy atom. The molecule has 78 heavy (non-hydrogen) atoms. The van der Waals surface area contributed by atoms with E-state index in [2.05, 4.69) is 283 Å². The van der Waals surface area contributed by atoms with Gasteiger partial charge in [0, 0.05) is 50.6 Å². The van der Waals surface area contributed by atoms with Crippen LogP contribution < -0.4 is 14.5 Å². The van der Waals surface area contributed by atoms with E-state index in [4.69, 9.17) is 9.72 Å². The molecule has 0 radical (unpaired) electrons. The van der Waals surface area contributed by atoms with Crippen molar-refractivity contribution in [3.8, 4) is 50.7 Å². The van der Waals surface area contributed by atoms with Gasteiger partial charge in [-0.2, -0.15) is 0 Å². The van der Waals surface area contributed by atoms with Crippen LogP contribution in [0.3, 0.4) is 0 Å². The molecule has 0 spiro atoms. The van der Waals surface area contributed by atoms with Crippen molar-refractivity contribution in [3.63, 3.8) is 0 Å². The largest absolute Gasteiger partial charge is 0.457 e. The maximum Gasteiger partial charge on any atom is 0.137 e. The minimum absolute atomic E-state index is 0.0418. The molecule has 0 N–H and O–H groups in total. The van der Waals surface area contributed by atoms with Gasteiger partial charge in [-0.25, -0.2) is 4.98 Å². The highest BCUT2D eigenvalue weighted by Crippen LogP contribution is 2.52. The second kappa shape index (κ2) is 18.6. The zero-order chi connectivity index (χ0) is 53.7. The number of thiophene rings is 1. The van der Waals surface area contributed by atoms with E-state index in [0.717, 1.165) is 51.0 Å². The molecule has 12 aromatic rings. The summed E-state index contributed by atoms with van der Waals surface area (Å²) in [5.74, 6) is 2.40. The minimum atomic E-state index is -0.0619. The van der Waals surface area contributed by atoms with Crippen molar-refractivity contribution in [3.05, 3.63) is 229 Å². The van der Waals surface area contributed by atoms with Crippen LogP contribution in [-0.2, 0) is 16.2 Å². The van der Waals surface area contributed by atoms with Gasteiger partial charge in [0.15, 0.2) is 0 Å². The summed E-state index contributed by atoms with van der Waals surface area (Å²) in [7, 11) is 0. The summed E-state index contributed by atoms with van der Waals surface area (Å²) >= 11 is 1.85. The smallest absolute Gasteiger partial charge is 0.137 e. The summed E-state index contributed by atoms with van der Waals surface area (Å²) in [6, 6.07) is 75.5. The number of anilines is 4. The molecule has 4 heterocycles. The normalized spacial score (nSPS) is 13.1. The van der Waals surface area contributed by atoms with E-state index >= 15 is 0 Å². The van der Waals surface area contributed by atoms with Gasteiger partial charge in [-0.15, -0.1) is 11.3 Å². The Balaban J connectivity index is 0.969. The second-order valence-electron chi connectivity index (χ2n) is 24.1. The van der Waals surface area contributed by atoms with Crippen LogP contribution >= 0.6 is 11.3 Å². The van der Waals surface area contributed by atoms with Crippen molar-refractivity contribution in [2.24, 2.45) is 0 Å².